The van der Waals surface area contributed by atoms with Crippen LogP contribution < -0.4 is 10.5 Å². The minimum atomic E-state index is -1.44. The van der Waals surface area contributed by atoms with Gasteiger partial charge in [0.1, 0.15) is 23.8 Å². The summed E-state index contributed by atoms with van der Waals surface area (Å²) in [6.07, 6.45) is 0.262. The van der Waals surface area contributed by atoms with Gasteiger partial charge < -0.3 is 19.6 Å². The van der Waals surface area contributed by atoms with Gasteiger partial charge >= 0.3 is 5.97 Å². The second-order valence-electron chi connectivity index (χ2n) is 7.93. The Morgan fingerprint density at radius 2 is 1.94 bits per heavy atom. The lowest BCUT2D eigenvalue weighted by atomic mass is 9.98. The van der Waals surface area contributed by atoms with Gasteiger partial charge in [0, 0.05) is 29.0 Å². The van der Waals surface area contributed by atoms with E-state index >= 15 is 0 Å². The van der Waals surface area contributed by atoms with E-state index in [2.05, 4.69) is 0 Å². The fourth-order valence-electron chi connectivity index (χ4n) is 3.87. The molecule has 5 nitrogen and oxygen atoms in total. The second-order valence-corrected chi connectivity index (χ2v) is 7.93. The summed E-state index contributed by atoms with van der Waals surface area (Å²) in [5, 5.41) is 0.870. The predicted molar refractivity (Wildman–Crippen MR) is 126 cm³/mol. The van der Waals surface area contributed by atoms with Gasteiger partial charge in [-0.2, -0.15) is 0 Å². The molecule has 1 aromatic heterocycles. The Morgan fingerprint density at radius 1 is 1.09 bits per heavy atom. The molecule has 4 aromatic rings. The Balaban J connectivity index is 1.63. The summed E-state index contributed by atoms with van der Waals surface area (Å²) in [6.45, 7) is 2.13. The van der Waals surface area contributed by atoms with Gasteiger partial charge in [-0.05, 0) is 47.9 Å². The molecule has 0 aliphatic rings. The third-order valence-electron chi connectivity index (χ3n) is 5.34. The van der Waals surface area contributed by atoms with E-state index in [0.29, 0.717) is 11.1 Å². The molecule has 3 aromatic carbocycles. The van der Waals surface area contributed by atoms with Crippen molar-refractivity contribution >= 4 is 16.9 Å². The van der Waals surface area contributed by atoms with Crippen LogP contribution in [0.5, 0.6) is 5.75 Å². The van der Waals surface area contributed by atoms with Gasteiger partial charge in [0.2, 0.25) is 0 Å². The monoisotopic (exact) mass is 465 g/mol. The fraction of sp³-hybridized carbons (Fsp3) is 0.222. The van der Waals surface area contributed by atoms with Crippen molar-refractivity contribution in [3.8, 4) is 16.9 Å². The first-order chi connectivity index (χ1) is 16.4. The molecule has 0 aliphatic heterocycles. The van der Waals surface area contributed by atoms with Gasteiger partial charge in [-0.1, -0.05) is 30.3 Å². The summed E-state index contributed by atoms with van der Waals surface area (Å²) >= 11 is 0. The van der Waals surface area contributed by atoms with E-state index in [-0.39, 0.29) is 31.8 Å². The molecule has 0 spiro atoms. The highest BCUT2D eigenvalue weighted by Gasteiger charge is 2.14. The van der Waals surface area contributed by atoms with E-state index in [1.807, 2.05) is 42.5 Å². The van der Waals surface area contributed by atoms with E-state index in [9.17, 15) is 13.6 Å². The van der Waals surface area contributed by atoms with Crippen LogP contribution in [0.25, 0.3) is 22.1 Å². The number of esters is 1. The van der Waals surface area contributed by atoms with Gasteiger partial charge in [-0.15, -0.1) is 0 Å². The van der Waals surface area contributed by atoms with E-state index in [0.717, 1.165) is 27.6 Å². The molecule has 176 valence electrons. The number of furan rings is 1. The molecular weight excluding hydrogens is 440 g/mol. The molecule has 0 amide bonds. The van der Waals surface area contributed by atoms with E-state index in [1.165, 1.54) is 18.2 Å². The van der Waals surface area contributed by atoms with Gasteiger partial charge in [-0.3, -0.25) is 4.79 Å². The molecule has 0 saturated carbocycles. The van der Waals surface area contributed by atoms with Gasteiger partial charge in [0.05, 0.1) is 19.3 Å². The van der Waals surface area contributed by atoms with Crippen molar-refractivity contribution in [2.45, 2.75) is 32.7 Å². The zero-order valence-corrected chi connectivity index (χ0v) is 18.7. The lowest BCUT2D eigenvalue weighted by Crippen LogP contribution is -2.15. The predicted octanol–water partition coefficient (Wildman–Crippen LogP) is 5.72. The maximum Gasteiger partial charge on any atom is 0.310 e. The van der Waals surface area contributed by atoms with Crippen molar-refractivity contribution in [2.75, 3.05) is 6.61 Å². The van der Waals surface area contributed by atoms with Crippen LogP contribution in [0.3, 0.4) is 0 Å². The van der Waals surface area contributed by atoms with Crippen LogP contribution in [-0.2, 0) is 29.0 Å². The van der Waals surface area contributed by atoms with Crippen molar-refractivity contribution in [2.24, 2.45) is 5.73 Å². The Morgan fingerprint density at radius 3 is 2.74 bits per heavy atom. The second kappa shape index (κ2) is 10.5. The molecule has 34 heavy (non-hydrogen) atoms. The van der Waals surface area contributed by atoms with Crippen molar-refractivity contribution in [1.29, 1.82) is 0 Å². The number of halogens is 2. The number of alkyl halides is 1. The minimum Gasteiger partial charge on any atom is -0.488 e. The largest absolute Gasteiger partial charge is 0.488 e. The van der Waals surface area contributed by atoms with Crippen LogP contribution in [0, 0.1) is 5.82 Å². The van der Waals surface area contributed by atoms with Crippen molar-refractivity contribution in [1.82, 2.24) is 0 Å². The maximum atomic E-state index is 13.9. The zero-order valence-electron chi connectivity index (χ0n) is 18.7. The highest BCUT2D eigenvalue weighted by molar-refractivity contribution is 5.93. The average molecular weight is 465 g/mol. The van der Waals surface area contributed by atoms with Crippen LogP contribution >= 0.6 is 0 Å². The highest BCUT2D eigenvalue weighted by Crippen LogP contribution is 2.32. The lowest BCUT2D eigenvalue weighted by molar-refractivity contribution is -0.142. The number of hydrogen-bond acceptors (Lipinski definition) is 5. The maximum absolute atomic E-state index is 13.9. The van der Waals surface area contributed by atoms with Crippen LogP contribution in [0.1, 0.15) is 23.6 Å². The molecule has 0 fully saturated rings. The molecular formula is C27H25F2NO4. The number of ether oxygens (including phenoxy) is 2. The van der Waals surface area contributed by atoms with Gasteiger partial charge in [0.15, 0.2) is 6.30 Å². The molecule has 0 bridgehead atoms. The first-order valence-electron chi connectivity index (χ1n) is 11.0. The molecule has 0 radical (unpaired) electrons. The fourth-order valence-corrected chi connectivity index (χ4v) is 3.87. The lowest BCUT2D eigenvalue weighted by Gasteiger charge is -2.13. The topological polar surface area (TPSA) is 74.7 Å². The molecule has 1 atom stereocenters. The van der Waals surface area contributed by atoms with Crippen LogP contribution in [0.15, 0.2) is 71.3 Å². The van der Waals surface area contributed by atoms with Crippen LogP contribution in [0.4, 0.5) is 8.78 Å². The number of carbonyl (C=O) groups excluding carboxylic acids is 1. The summed E-state index contributed by atoms with van der Waals surface area (Å²) in [6, 6.07) is 17.2. The summed E-state index contributed by atoms with van der Waals surface area (Å²) < 4.78 is 43.9. The first-order valence-corrected chi connectivity index (χ1v) is 11.0. The van der Waals surface area contributed by atoms with E-state index < -0.39 is 18.1 Å². The molecule has 0 saturated heterocycles. The zero-order chi connectivity index (χ0) is 24.1. The Kier molecular flexibility index (Phi) is 7.23. The first kappa shape index (κ1) is 23.4. The minimum absolute atomic E-state index is 0.0149. The number of nitrogens with two attached hydrogens (primary N) is 1. The van der Waals surface area contributed by atoms with Crippen molar-refractivity contribution < 1.29 is 27.5 Å². The molecule has 0 aliphatic carbocycles. The molecule has 0 unspecified atom stereocenters. The van der Waals surface area contributed by atoms with Crippen molar-refractivity contribution in [3.63, 3.8) is 0 Å². The van der Waals surface area contributed by atoms with Crippen LogP contribution in [0.2, 0.25) is 0 Å². The summed E-state index contributed by atoms with van der Waals surface area (Å²) in [7, 11) is 0. The number of carbonyl (C=O) groups is 1. The Hall–Kier alpha value is -3.71. The number of benzene rings is 3. The van der Waals surface area contributed by atoms with Crippen molar-refractivity contribution in [3.05, 3.63) is 89.4 Å². The SMILES string of the molecule is CCOC(=O)Cc1ccc(F)cc1OCc1cc(-c2cccc(C[C@@H](N)F)c2)c2occc2c1. The number of rotatable bonds is 9. The number of fused-ring (bicyclic) bond motifs is 1. The molecule has 1 heterocycles. The molecule has 4 rings (SSSR count). The quantitative estimate of drug-likeness (QED) is 0.253. The van der Waals surface area contributed by atoms with E-state index in [4.69, 9.17) is 19.6 Å². The summed E-state index contributed by atoms with van der Waals surface area (Å²) in [4.78, 5) is 11.9. The van der Waals surface area contributed by atoms with Gasteiger partial charge in [0.25, 0.3) is 0 Å². The summed E-state index contributed by atoms with van der Waals surface area (Å²) in [5.74, 6) is -0.591. The van der Waals surface area contributed by atoms with E-state index in [1.54, 1.807) is 13.2 Å². The third kappa shape index (κ3) is 5.61. The smallest absolute Gasteiger partial charge is 0.310 e. The third-order valence-corrected chi connectivity index (χ3v) is 5.34. The average Bonchev–Trinajstić information content (AvgIpc) is 3.27. The Bertz CT molecular complexity index is 1300. The number of hydrogen-bond donors (Lipinski definition) is 1. The van der Waals surface area contributed by atoms with Gasteiger partial charge in [-0.25, -0.2) is 8.78 Å². The normalized spacial score (nSPS) is 12.0. The Labute approximate surface area is 196 Å². The summed E-state index contributed by atoms with van der Waals surface area (Å²) in [5.41, 5.74) is 9.83. The standard InChI is InChI=1S/C27H25F2NO4/c1-2-32-26(31)14-20-6-7-22(28)15-24(20)34-16-18-11-21-8-9-33-27(21)23(12-18)19-5-3-4-17(10-19)13-25(29)30/h3-12,15,25H,2,13-14,16,30H2,1H3/t25-/m1/s1. The molecule has 2 N–H and O–H groups in total. The highest BCUT2D eigenvalue weighted by atomic mass is 19.1. The molecule has 7 heteroatoms. The van der Waals surface area contributed by atoms with Crippen LogP contribution in [-0.4, -0.2) is 18.9 Å².